The Labute approximate surface area is 181 Å². The first-order chi connectivity index (χ1) is 14.4. The molecule has 0 saturated carbocycles. The topological polar surface area (TPSA) is 80.3 Å². The number of carbonyl (C=O) groups is 2. The molecule has 1 N–H and O–H groups in total. The van der Waals surface area contributed by atoms with Crippen molar-refractivity contribution < 1.29 is 23.8 Å². The second kappa shape index (κ2) is 8.28. The number of carbonyl (C=O) groups excluding carboxylic acids is 2. The zero-order valence-corrected chi connectivity index (χ0v) is 18.7. The van der Waals surface area contributed by atoms with Crippen molar-refractivity contribution in [3.05, 3.63) is 23.3 Å². The summed E-state index contributed by atoms with van der Waals surface area (Å²) < 4.78 is 15.8. The average Bonchev–Trinajstić information content (AvgIpc) is 3.17. The van der Waals surface area contributed by atoms with Gasteiger partial charge in [-0.2, -0.15) is 0 Å². The standard InChI is InChI=1S/C21H29N3O5S/c1-21(2)17(18(25)22-7-8-23-9-11-29-12-10-23)24-19(26)15-13(20(24)30-21)5-6-14(27-3)16(15)28-4/h5-6,17,20H,7-12H2,1-4H3,(H,22,25)/t17-,20+/m1/s1. The van der Waals surface area contributed by atoms with Gasteiger partial charge < -0.3 is 24.4 Å². The molecule has 2 atom stereocenters. The molecule has 3 heterocycles. The van der Waals surface area contributed by atoms with Crippen molar-refractivity contribution in [3.63, 3.8) is 0 Å². The van der Waals surface area contributed by atoms with Gasteiger partial charge in [0.1, 0.15) is 11.4 Å². The fourth-order valence-electron chi connectivity index (χ4n) is 4.51. The van der Waals surface area contributed by atoms with Crippen LogP contribution in [0.25, 0.3) is 0 Å². The summed E-state index contributed by atoms with van der Waals surface area (Å²) in [5.41, 5.74) is 1.37. The average molecular weight is 436 g/mol. The largest absolute Gasteiger partial charge is 0.493 e. The Morgan fingerprint density at radius 3 is 2.67 bits per heavy atom. The number of methoxy groups -OCH3 is 2. The van der Waals surface area contributed by atoms with Gasteiger partial charge in [0, 0.05) is 36.5 Å². The lowest BCUT2D eigenvalue weighted by Gasteiger charge is -2.30. The van der Waals surface area contributed by atoms with Crippen LogP contribution in [0.15, 0.2) is 12.1 Å². The molecule has 2 fully saturated rings. The van der Waals surface area contributed by atoms with Crippen molar-refractivity contribution >= 4 is 23.6 Å². The highest BCUT2D eigenvalue weighted by atomic mass is 32.2. The predicted molar refractivity (Wildman–Crippen MR) is 114 cm³/mol. The molecule has 8 nitrogen and oxygen atoms in total. The highest BCUT2D eigenvalue weighted by Crippen LogP contribution is 2.58. The summed E-state index contributed by atoms with van der Waals surface area (Å²) in [7, 11) is 3.08. The highest BCUT2D eigenvalue weighted by Gasteiger charge is 2.58. The molecule has 0 aromatic heterocycles. The third-order valence-corrected chi connectivity index (χ3v) is 7.51. The van der Waals surface area contributed by atoms with E-state index >= 15 is 0 Å². The van der Waals surface area contributed by atoms with Crippen molar-refractivity contribution in [1.29, 1.82) is 0 Å². The summed E-state index contributed by atoms with van der Waals surface area (Å²) in [6.45, 7) is 8.59. The summed E-state index contributed by atoms with van der Waals surface area (Å²) in [5.74, 6) is 0.647. The van der Waals surface area contributed by atoms with Crippen LogP contribution in [0.1, 0.15) is 35.1 Å². The Hall–Kier alpha value is -1.97. The van der Waals surface area contributed by atoms with Crippen LogP contribution in [-0.2, 0) is 9.53 Å². The second-order valence-corrected chi connectivity index (χ2v) is 9.93. The summed E-state index contributed by atoms with van der Waals surface area (Å²) in [5, 5.41) is 2.84. The Balaban J connectivity index is 1.53. The van der Waals surface area contributed by atoms with E-state index in [4.69, 9.17) is 14.2 Å². The van der Waals surface area contributed by atoms with E-state index in [2.05, 4.69) is 10.2 Å². The van der Waals surface area contributed by atoms with Crippen LogP contribution in [0.3, 0.4) is 0 Å². The summed E-state index contributed by atoms with van der Waals surface area (Å²) >= 11 is 1.64. The summed E-state index contributed by atoms with van der Waals surface area (Å²) in [6, 6.07) is 3.16. The number of ether oxygens (including phenoxy) is 3. The van der Waals surface area contributed by atoms with Crippen molar-refractivity contribution in [2.24, 2.45) is 0 Å². The highest BCUT2D eigenvalue weighted by molar-refractivity contribution is 8.01. The zero-order valence-electron chi connectivity index (χ0n) is 17.9. The third-order valence-electron chi connectivity index (χ3n) is 5.98. The molecule has 1 aromatic rings. The van der Waals surface area contributed by atoms with E-state index in [0.29, 0.717) is 23.6 Å². The van der Waals surface area contributed by atoms with Crippen LogP contribution < -0.4 is 14.8 Å². The number of thioether (sulfide) groups is 1. The van der Waals surface area contributed by atoms with E-state index in [1.807, 2.05) is 26.0 Å². The third kappa shape index (κ3) is 3.52. The lowest BCUT2D eigenvalue weighted by Crippen LogP contribution is -2.53. The van der Waals surface area contributed by atoms with Gasteiger partial charge in [0.05, 0.1) is 33.0 Å². The van der Waals surface area contributed by atoms with Crippen molar-refractivity contribution in [3.8, 4) is 11.5 Å². The first-order valence-electron chi connectivity index (χ1n) is 10.2. The van der Waals surface area contributed by atoms with E-state index in [1.54, 1.807) is 23.8 Å². The maximum Gasteiger partial charge on any atom is 0.260 e. The number of nitrogens with one attached hydrogen (secondary N) is 1. The quantitative estimate of drug-likeness (QED) is 0.725. The van der Waals surface area contributed by atoms with Gasteiger partial charge in [-0.05, 0) is 19.9 Å². The van der Waals surface area contributed by atoms with Gasteiger partial charge in [-0.15, -0.1) is 11.8 Å². The molecule has 0 aliphatic carbocycles. The van der Waals surface area contributed by atoms with E-state index in [9.17, 15) is 9.59 Å². The summed E-state index contributed by atoms with van der Waals surface area (Å²) in [4.78, 5) is 30.6. The van der Waals surface area contributed by atoms with Crippen LogP contribution in [0.4, 0.5) is 0 Å². The minimum atomic E-state index is -0.562. The van der Waals surface area contributed by atoms with Crippen LogP contribution in [-0.4, -0.2) is 86.0 Å². The van der Waals surface area contributed by atoms with Gasteiger partial charge in [-0.25, -0.2) is 0 Å². The number of rotatable bonds is 6. The molecule has 1 aromatic carbocycles. The van der Waals surface area contributed by atoms with Crippen molar-refractivity contribution in [1.82, 2.24) is 15.1 Å². The van der Waals surface area contributed by atoms with Gasteiger partial charge >= 0.3 is 0 Å². The van der Waals surface area contributed by atoms with E-state index < -0.39 is 10.8 Å². The molecule has 3 aliphatic heterocycles. The Kier molecular flexibility index (Phi) is 5.87. The van der Waals surface area contributed by atoms with Crippen LogP contribution in [0, 0.1) is 0 Å². The lowest BCUT2D eigenvalue weighted by molar-refractivity contribution is -0.126. The SMILES string of the molecule is COc1ccc2c(c1OC)C(=O)N1[C@H]2SC(C)(C)[C@H]1C(=O)NCCN1CCOCC1. The van der Waals surface area contributed by atoms with Crippen molar-refractivity contribution in [2.75, 3.05) is 53.6 Å². The van der Waals surface area contributed by atoms with Crippen LogP contribution in [0.2, 0.25) is 0 Å². The Bertz CT molecular complexity index is 840. The monoisotopic (exact) mass is 435 g/mol. The second-order valence-electron chi connectivity index (χ2n) is 8.20. The minimum Gasteiger partial charge on any atom is -0.493 e. The maximum atomic E-state index is 13.4. The smallest absolute Gasteiger partial charge is 0.260 e. The first kappa shape index (κ1) is 21.3. The molecule has 164 valence electrons. The molecular weight excluding hydrogens is 406 g/mol. The van der Waals surface area contributed by atoms with Gasteiger partial charge in [-0.1, -0.05) is 6.07 Å². The van der Waals surface area contributed by atoms with E-state index in [1.165, 1.54) is 7.11 Å². The zero-order chi connectivity index (χ0) is 21.5. The van der Waals surface area contributed by atoms with Crippen LogP contribution >= 0.6 is 11.8 Å². The molecule has 9 heteroatoms. The number of nitrogens with zero attached hydrogens (tertiary/aromatic N) is 2. The molecule has 30 heavy (non-hydrogen) atoms. The van der Waals surface area contributed by atoms with Gasteiger partial charge in [-0.3, -0.25) is 14.5 Å². The Morgan fingerprint density at radius 2 is 2.00 bits per heavy atom. The molecule has 2 saturated heterocycles. The molecule has 0 spiro atoms. The van der Waals surface area contributed by atoms with Gasteiger partial charge in [0.15, 0.2) is 11.5 Å². The van der Waals surface area contributed by atoms with Gasteiger partial charge in [0.2, 0.25) is 5.91 Å². The number of fused-ring (bicyclic) bond motifs is 3. The molecular formula is C21H29N3O5S. The maximum absolute atomic E-state index is 13.4. The Morgan fingerprint density at radius 1 is 1.27 bits per heavy atom. The number of benzene rings is 1. The number of amides is 2. The molecule has 2 amide bonds. The molecule has 4 rings (SSSR count). The lowest BCUT2D eigenvalue weighted by atomic mass is 10.0. The molecule has 0 bridgehead atoms. The normalized spacial score (nSPS) is 25.1. The molecule has 3 aliphatic rings. The molecule has 0 unspecified atom stereocenters. The van der Waals surface area contributed by atoms with Crippen LogP contribution in [0.5, 0.6) is 11.5 Å². The predicted octanol–water partition coefficient (Wildman–Crippen LogP) is 1.50. The van der Waals surface area contributed by atoms with E-state index in [-0.39, 0.29) is 17.2 Å². The fourth-order valence-corrected chi connectivity index (χ4v) is 6.09. The number of hydrogen-bond donors (Lipinski definition) is 1. The van der Waals surface area contributed by atoms with Crippen molar-refractivity contribution in [2.45, 2.75) is 30.0 Å². The van der Waals surface area contributed by atoms with E-state index in [0.717, 1.165) is 38.4 Å². The molecule has 0 radical (unpaired) electrons. The number of hydrogen-bond acceptors (Lipinski definition) is 7. The van der Waals surface area contributed by atoms with Gasteiger partial charge in [0.25, 0.3) is 5.91 Å². The minimum absolute atomic E-state index is 0.115. The summed E-state index contributed by atoms with van der Waals surface area (Å²) in [6.07, 6.45) is 0. The number of morpholine rings is 1. The first-order valence-corrected chi connectivity index (χ1v) is 11.1. The fraction of sp³-hybridized carbons (Fsp3) is 0.619.